The Labute approximate surface area is 121 Å². The van der Waals surface area contributed by atoms with Crippen LogP contribution in [0.25, 0.3) is 0 Å². The largest absolute Gasteiger partial charge is 0.460 e. The number of Topliss-reactive ketones (excluding diaryl/α,β-unsaturated/α-hetero) is 1. The zero-order valence-corrected chi connectivity index (χ0v) is 11.2. The molecule has 21 heavy (non-hydrogen) atoms. The second-order valence-corrected chi connectivity index (χ2v) is 4.98. The van der Waals surface area contributed by atoms with Gasteiger partial charge in [0.2, 0.25) is 0 Å². The van der Waals surface area contributed by atoms with E-state index in [0.717, 1.165) is 5.56 Å². The van der Waals surface area contributed by atoms with Gasteiger partial charge in [-0.25, -0.2) is 4.39 Å². The molecule has 4 heteroatoms. The second kappa shape index (κ2) is 5.48. The maximum Gasteiger partial charge on any atom is 0.317 e. The molecule has 0 amide bonds. The van der Waals surface area contributed by atoms with Crippen LogP contribution in [0.1, 0.15) is 21.5 Å². The van der Waals surface area contributed by atoms with Gasteiger partial charge in [-0.15, -0.1) is 0 Å². The van der Waals surface area contributed by atoms with E-state index in [2.05, 4.69) is 0 Å². The van der Waals surface area contributed by atoms with Crippen LogP contribution in [0.2, 0.25) is 0 Å². The third-order valence-electron chi connectivity index (χ3n) is 3.62. The normalized spacial score (nSPS) is 16.6. The Hall–Kier alpha value is -2.49. The molecular formula is C17H13FO3. The molecule has 106 valence electrons. The first-order valence-electron chi connectivity index (χ1n) is 6.69. The third-order valence-corrected chi connectivity index (χ3v) is 3.62. The summed E-state index contributed by atoms with van der Waals surface area (Å²) in [4.78, 5) is 24.2. The van der Waals surface area contributed by atoms with Gasteiger partial charge >= 0.3 is 5.97 Å². The third kappa shape index (κ3) is 2.57. The van der Waals surface area contributed by atoms with E-state index in [1.807, 2.05) is 30.3 Å². The Balaban J connectivity index is 1.70. The zero-order valence-electron chi connectivity index (χ0n) is 11.2. The molecule has 3 rings (SSSR count). The molecule has 0 saturated carbocycles. The van der Waals surface area contributed by atoms with Crippen molar-refractivity contribution < 1.29 is 18.7 Å². The van der Waals surface area contributed by atoms with Crippen LogP contribution in [0.15, 0.2) is 48.5 Å². The second-order valence-electron chi connectivity index (χ2n) is 4.98. The molecule has 0 aromatic heterocycles. The minimum Gasteiger partial charge on any atom is -0.460 e. The molecule has 2 aromatic carbocycles. The average molecular weight is 284 g/mol. The molecule has 0 bridgehead atoms. The lowest BCUT2D eigenvalue weighted by atomic mass is 10.1. The Kier molecular flexibility index (Phi) is 3.52. The number of hydrogen-bond donors (Lipinski definition) is 0. The van der Waals surface area contributed by atoms with E-state index in [-0.39, 0.29) is 24.4 Å². The number of esters is 1. The highest BCUT2D eigenvalue weighted by molar-refractivity contribution is 6.12. The number of carbonyl (C=O) groups is 2. The molecule has 1 aliphatic carbocycles. The van der Waals surface area contributed by atoms with Crippen LogP contribution in [-0.4, -0.2) is 11.8 Å². The molecule has 1 atom stereocenters. The van der Waals surface area contributed by atoms with Crippen molar-refractivity contribution in [1.82, 2.24) is 0 Å². The summed E-state index contributed by atoms with van der Waals surface area (Å²) in [6, 6.07) is 13.5. The fraction of sp³-hybridized carbons (Fsp3) is 0.176. The SMILES string of the molecule is O=C(OCc1ccccc1)C1Cc2c(F)cccc2C1=O. The van der Waals surface area contributed by atoms with Crippen LogP contribution < -0.4 is 0 Å². The van der Waals surface area contributed by atoms with E-state index in [0.29, 0.717) is 5.56 Å². The molecule has 1 unspecified atom stereocenters. The summed E-state index contributed by atoms with van der Waals surface area (Å²) in [5.41, 5.74) is 1.45. The number of rotatable bonds is 3. The molecule has 1 aliphatic rings. The first-order chi connectivity index (χ1) is 10.2. The van der Waals surface area contributed by atoms with Crippen molar-refractivity contribution in [3.05, 3.63) is 71.0 Å². The number of ketones is 1. The Morgan fingerprint density at radius 3 is 2.62 bits per heavy atom. The first-order valence-corrected chi connectivity index (χ1v) is 6.69. The first kappa shape index (κ1) is 13.5. The molecule has 0 N–H and O–H groups in total. The Bertz CT molecular complexity index is 694. The molecule has 3 nitrogen and oxygen atoms in total. The topological polar surface area (TPSA) is 43.4 Å². The van der Waals surface area contributed by atoms with Crippen molar-refractivity contribution in [3.63, 3.8) is 0 Å². The van der Waals surface area contributed by atoms with Gasteiger partial charge in [0.15, 0.2) is 5.78 Å². The van der Waals surface area contributed by atoms with Crippen LogP contribution in [0.5, 0.6) is 0 Å². The van der Waals surface area contributed by atoms with Gasteiger partial charge in [-0.05, 0) is 23.6 Å². The van der Waals surface area contributed by atoms with Gasteiger partial charge in [0.25, 0.3) is 0 Å². The Morgan fingerprint density at radius 1 is 1.14 bits per heavy atom. The summed E-state index contributed by atoms with van der Waals surface area (Å²) in [6.45, 7) is 0.113. The monoisotopic (exact) mass is 284 g/mol. The molecule has 0 radical (unpaired) electrons. The van der Waals surface area contributed by atoms with Crippen molar-refractivity contribution in [1.29, 1.82) is 0 Å². The predicted octanol–water partition coefficient (Wildman–Crippen LogP) is 2.92. The minimum absolute atomic E-state index is 0.0778. The number of fused-ring (bicyclic) bond motifs is 1. The number of carbonyl (C=O) groups excluding carboxylic acids is 2. The van der Waals surface area contributed by atoms with Gasteiger partial charge in [-0.1, -0.05) is 42.5 Å². The van der Waals surface area contributed by atoms with Crippen molar-refractivity contribution in [2.75, 3.05) is 0 Å². The smallest absolute Gasteiger partial charge is 0.317 e. The van der Waals surface area contributed by atoms with Gasteiger partial charge in [-0.2, -0.15) is 0 Å². The van der Waals surface area contributed by atoms with Crippen LogP contribution in [0.3, 0.4) is 0 Å². The van der Waals surface area contributed by atoms with Crippen molar-refractivity contribution in [2.24, 2.45) is 5.92 Å². The maximum atomic E-state index is 13.6. The number of halogens is 1. The van der Waals surface area contributed by atoms with E-state index < -0.39 is 17.7 Å². The Morgan fingerprint density at radius 2 is 1.90 bits per heavy atom. The van der Waals surface area contributed by atoms with Crippen LogP contribution in [-0.2, 0) is 22.6 Å². The standard InChI is InChI=1S/C17H13FO3/c18-15-8-4-7-12-13(15)9-14(16(12)19)17(20)21-10-11-5-2-1-3-6-11/h1-8,14H,9-10H2. The highest BCUT2D eigenvalue weighted by Gasteiger charge is 2.38. The highest BCUT2D eigenvalue weighted by Crippen LogP contribution is 2.29. The summed E-state index contributed by atoms with van der Waals surface area (Å²) >= 11 is 0. The maximum absolute atomic E-state index is 13.6. The van der Waals surface area contributed by atoms with Crippen LogP contribution in [0, 0.1) is 11.7 Å². The van der Waals surface area contributed by atoms with E-state index in [1.165, 1.54) is 12.1 Å². The molecule has 0 saturated heterocycles. The molecule has 0 heterocycles. The molecule has 2 aromatic rings. The average Bonchev–Trinajstić information content (AvgIpc) is 2.85. The quantitative estimate of drug-likeness (QED) is 0.643. The van der Waals surface area contributed by atoms with Crippen molar-refractivity contribution in [3.8, 4) is 0 Å². The van der Waals surface area contributed by atoms with Crippen LogP contribution >= 0.6 is 0 Å². The summed E-state index contributed by atoms with van der Waals surface area (Å²) in [6.07, 6.45) is 0.0778. The van der Waals surface area contributed by atoms with Gasteiger partial charge in [0.05, 0.1) is 0 Å². The lowest BCUT2D eigenvalue weighted by Crippen LogP contribution is -2.23. The molecule has 0 aliphatic heterocycles. The van der Waals surface area contributed by atoms with Crippen molar-refractivity contribution >= 4 is 11.8 Å². The lowest BCUT2D eigenvalue weighted by Gasteiger charge is -2.08. The molecule has 0 fully saturated rings. The minimum atomic E-state index is -0.930. The lowest BCUT2D eigenvalue weighted by molar-refractivity contribution is -0.147. The number of ether oxygens (including phenoxy) is 1. The number of benzene rings is 2. The fourth-order valence-electron chi connectivity index (χ4n) is 2.50. The van der Waals surface area contributed by atoms with E-state index >= 15 is 0 Å². The van der Waals surface area contributed by atoms with Gasteiger partial charge in [0.1, 0.15) is 18.3 Å². The summed E-state index contributed by atoms with van der Waals surface area (Å²) in [5.74, 6) is -2.33. The van der Waals surface area contributed by atoms with E-state index in [9.17, 15) is 14.0 Å². The van der Waals surface area contributed by atoms with Crippen molar-refractivity contribution in [2.45, 2.75) is 13.0 Å². The highest BCUT2D eigenvalue weighted by atomic mass is 19.1. The summed E-state index contributed by atoms with van der Waals surface area (Å²) in [7, 11) is 0. The van der Waals surface area contributed by atoms with Gasteiger partial charge in [-0.3, -0.25) is 9.59 Å². The van der Waals surface area contributed by atoms with E-state index in [4.69, 9.17) is 4.74 Å². The summed E-state index contributed by atoms with van der Waals surface area (Å²) < 4.78 is 18.8. The van der Waals surface area contributed by atoms with Gasteiger partial charge in [0, 0.05) is 5.56 Å². The fourth-order valence-corrected chi connectivity index (χ4v) is 2.50. The predicted molar refractivity (Wildman–Crippen MR) is 74.2 cm³/mol. The molecule has 0 spiro atoms. The van der Waals surface area contributed by atoms with E-state index in [1.54, 1.807) is 6.07 Å². The number of hydrogen-bond acceptors (Lipinski definition) is 3. The van der Waals surface area contributed by atoms with Crippen LogP contribution in [0.4, 0.5) is 4.39 Å². The van der Waals surface area contributed by atoms with Gasteiger partial charge < -0.3 is 4.74 Å². The molecular weight excluding hydrogens is 271 g/mol. The summed E-state index contributed by atoms with van der Waals surface area (Å²) in [5, 5.41) is 0. The zero-order chi connectivity index (χ0) is 14.8.